The minimum Gasteiger partial charge on any atom is -0.325 e. The van der Waals surface area contributed by atoms with Gasteiger partial charge in [0.1, 0.15) is 9.84 Å². The molecule has 3 aliphatic carbocycles. The zero-order valence-electron chi connectivity index (χ0n) is 11.3. The summed E-state index contributed by atoms with van der Waals surface area (Å²) in [6.45, 7) is 0. The van der Waals surface area contributed by atoms with Gasteiger partial charge in [0.05, 0.1) is 0 Å². The van der Waals surface area contributed by atoms with E-state index in [1.54, 1.807) is 0 Å². The Balaban J connectivity index is 1.63. The lowest BCUT2D eigenvalue weighted by Crippen LogP contribution is -2.49. The fourth-order valence-corrected chi connectivity index (χ4v) is 5.93. The van der Waals surface area contributed by atoms with E-state index in [9.17, 15) is 8.42 Å². The predicted molar refractivity (Wildman–Crippen MR) is 72.9 cm³/mol. The number of rotatable bonds is 4. The summed E-state index contributed by atoms with van der Waals surface area (Å²) in [5, 5.41) is 0. The van der Waals surface area contributed by atoms with Gasteiger partial charge in [-0.2, -0.15) is 0 Å². The van der Waals surface area contributed by atoms with E-state index in [4.69, 9.17) is 5.73 Å². The largest absolute Gasteiger partial charge is 0.325 e. The molecule has 0 aromatic carbocycles. The lowest BCUT2D eigenvalue weighted by molar-refractivity contribution is 0.147. The Bertz CT molecular complexity index is 433. The number of hydrogen-bond donors (Lipinski definition) is 1. The average molecular weight is 271 g/mol. The van der Waals surface area contributed by atoms with E-state index in [2.05, 4.69) is 0 Å². The molecule has 0 amide bonds. The Morgan fingerprint density at radius 1 is 1.28 bits per heavy atom. The fraction of sp³-hybridized carbons (Fsp3) is 1.00. The molecular weight excluding hydrogens is 246 g/mol. The summed E-state index contributed by atoms with van der Waals surface area (Å²) in [6, 6.07) is 0. The first-order chi connectivity index (χ1) is 8.39. The van der Waals surface area contributed by atoms with Crippen molar-refractivity contribution in [2.45, 2.75) is 50.5 Å². The second-order valence-corrected chi connectivity index (χ2v) is 9.29. The van der Waals surface area contributed by atoms with Gasteiger partial charge in [0.25, 0.3) is 0 Å². The molecule has 3 aliphatic rings. The van der Waals surface area contributed by atoms with Crippen LogP contribution in [0.3, 0.4) is 0 Å². The first kappa shape index (κ1) is 12.9. The molecule has 0 aromatic rings. The summed E-state index contributed by atoms with van der Waals surface area (Å²) < 4.78 is 22.4. The smallest absolute Gasteiger partial charge is 0.147 e. The molecule has 0 heterocycles. The van der Waals surface area contributed by atoms with Crippen LogP contribution in [0, 0.1) is 23.7 Å². The zero-order valence-corrected chi connectivity index (χ0v) is 12.1. The molecule has 104 valence electrons. The van der Waals surface area contributed by atoms with Crippen molar-refractivity contribution in [2.24, 2.45) is 29.4 Å². The lowest BCUT2D eigenvalue weighted by Gasteiger charge is -2.40. The highest BCUT2D eigenvalue weighted by atomic mass is 32.2. The van der Waals surface area contributed by atoms with Crippen LogP contribution in [0.1, 0.15) is 44.9 Å². The number of fused-ring (bicyclic) bond motifs is 5. The van der Waals surface area contributed by atoms with Gasteiger partial charge in [-0.05, 0) is 62.2 Å². The van der Waals surface area contributed by atoms with Gasteiger partial charge < -0.3 is 5.73 Å². The van der Waals surface area contributed by atoms with E-state index in [0.717, 1.165) is 37.0 Å². The van der Waals surface area contributed by atoms with Crippen molar-refractivity contribution < 1.29 is 8.42 Å². The Morgan fingerprint density at radius 3 is 2.72 bits per heavy atom. The van der Waals surface area contributed by atoms with Crippen LogP contribution in [0.15, 0.2) is 0 Å². The molecule has 2 N–H and O–H groups in total. The third kappa shape index (κ3) is 2.11. The summed E-state index contributed by atoms with van der Waals surface area (Å²) in [6.07, 6.45) is 9.64. The maximum atomic E-state index is 11.2. The van der Waals surface area contributed by atoms with Crippen molar-refractivity contribution in [3.63, 3.8) is 0 Å². The van der Waals surface area contributed by atoms with Gasteiger partial charge in [0.2, 0.25) is 0 Å². The van der Waals surface area contributed by atoms with E-state index in [0.29, 0.717) is 11.7 Å². The van der Waals surface area contributed by atoms with Crippen LogP contribution in [0.25, 0.3) is 0 Å². The summed E-state index contributed by atoms with van der Waals surface area (Å²) in [4.78, 5) is 0. The second-order valence-electron chi connectivity index (χ2n) is 7.03. The highest BCUT2D eigenvalue weighted by Crippen LogP contribution is 2.62. The van der Waals surface area contributed by atoms with Crippen LogP contribution in [0.2, 0.25) is 0 Å². The van der Waals surface area contributed by atoms with Gasteiger partial charge in [-0.15, -0.1) is 0 Å². The van der Waals surface area contributed by atoms with Gasteiger partial charge in [0.15, 0.2) is 0 Å². The Labute approximate surface area is 110 Å². The maximum Gasteiger partial charge on any atom is 0.147 e. The molecule has 5 unspecified atom stereocenters. The third-order valence-corrected chi connectivity index (χ3v) is 6.87. The molecule has 3 saturated carbocycles. The second kappa shape index (κ2) is 4.20. The minimum absolute atomic E-state index is 0.0408. The highest BCUT2D eigenvalue weighted by molar-refractivity contribution is 7.90. The number of sulfone groups is 1. The Hall–Kier alpha value is -0.0900. The third-order valence-electron chi connectivity index (χ3n) is 5.84. The van der Waals surface area contributed by atoms with E-state index in [1.165, 1.54) is 31.9 Å². The average Bonchev–Trinajstić information content (AvgIpc) is 2.84. The molecule has 0 spiro atoms. The van der Waals surface area contributed by atoms with Crippen LogP contribution < -0.4 is 5.73 Å². The summed E-state index contributed by atoms with van der Waals surface area (Å²) in [5.74, 6) is 3.67. The summed E-state index contributed by atoms with van der Waals surface area (Å²) in [5.41, 5.74) is 6.59. The van der Waals surface area contributed by atoms with Crippen molar-refractivity contribution in [2.75, 3.05) is 12.0 Å². The minimum atomic E-state index is -2.83. The molecule has 3 nitrogen and oxygen atoms in total. The van der Waals surface area contributed by atoms with E-state index < -0.39 is 9.84 Å². The zero-order chi connectivity index (χ0) is 13.0. The van der Waals surface area contributed by atoms with E-state index in [1.807, 2.05) is 0 Å². The topological polar surface area (TPSA) is 60.2 Å². The van der Waals surface area contributed by atoms with E-state index in [-0.39, 0.29) is 5.54 Å². The molecule has 0 aromatic heterocycles. The first-order valence-corrected chi connectivity index (χ1v) is 9.42. The standard InChI is InChI=1S/C14H25NO2S/c1-18(16,17)7-3-6-14(15)9-10-8-13(14)12-5-2-4-11(10)12/h10-13H,2-9,15H2,1H3. The quantitative estimate of drug-likeness (QED) is 0.850. The molecule has 18 heavy (non-hydrogen) atoms. The van der Waals surface area contributed by atoms with Crippen molar-refractivity contribution in [1.29, 1.82) is 0 Å². The predicted octanol–water partition coefficient (Wildman–Crippen LogP) is 1.96. The van der Waals surface area contributed by atoms with Crippen LogP contribution >= 0.6 is 0 Å². The van der Waals surface area contributed by atoms with Crippen molar-refractivity contribution >= 4 is 9.84 Å². The van der Waals surface area contributed by atoms with Gasteiger partial charge in [0, 0.05) is 17.5 Å². The van der Waals surface area contributed by atoms with Crippen LogP contribution in [0.5, 0.6) is 0 Å². The van der Waals surface area contributed by atoms with Crippen LogP contribution in [0.4, 0.5) is 0 Å². The molecule has 2 bridgehead atoms. The van der Waals surface area contributed by atoms with Crippen molar-refractivity contribution in [1.82, 2.24) is 0 Å². The van der Waals surface area contributed by atoms with E-state index >= 15 is 0 Å². The molecular formula is C14H25NO2S. The van der Waals surface area contributed by atoms with Crippen molar-refractivity contribution in [3.8, 4) is 0 Å². The molecule has 0 radical (unpaired) electrons. The number of nitrogens with two attached hydrogens (primary N) is 1. The van der Waals surface area contributed by atoms with Gasteiger partial charge >= 0.3 is 0 Å². The number of hydrogen-bond acceptors (Lipinski definition) is 3. The SMILES string of the molecule is CS(=O)(=O)CCCC1(N)CC2CC1C1CCCC21. The fourth-order valence-electron chi connectivity index (χ4n) is 5.26. The highest BCUT2D eigenvalue weighted by Gasteiger charge is 2.58. The van der Waals surface area contributed by atoms with Crippen LogP contribution in [-0.4, -0.2) is 26.0 Å². The lowest BCUT2D eigenvalue weighted by atomic mass is 9.70. The normalized spacial score (nSPS) is 46.6. The molecule has 0 aliphatic heterocycles. The molecule has 4 heteroatoms. The van der Waals surface area contributed by atoms with Gasteiger partial charge in [-0.25, -0.2) is 8.42 Å². The van der Waals surface area contributed by atoms with Crippen molar-refractivity contribution in [3.05, 3.63) is 0 Å². The summed E-state index contributed by atoms with van der Waals surface area (Å²) in [7, 11) is -2.83. The molecule has 3 rings (SSSR count). The first-order valence-electron chi connectivity index (χ1n) is 7.36. The molecule has 0 saturated heterocycles. The molecule has 3 fully saturated rings. The van der Waals surface area contributed by atoms with Crippen LogP contribution in [-0.2, 0) is 9.84 Å². The van der Waals surface area contributed by atoms with Gasteiger partial charge in [-0.1, -0.05) is 6.42 Å². The Morgan fingerprint density at radius 2 is 2.00 bits per heavy atom. The summed E-state index contributed by atoms with van der Waals surface area (Å²) >= 11 is 0. The van der Waals surface area contributed by atoms with Gasteiger partial charge in [-0.3, -0.25) is 0 Å². The molecule has 5 atom stereocenters. The maximum absolute atomic E-state index is 11.2. The monoisotopic (exact) mass is 271 g/mol. The Kier molecular flexibility index (Phi) is 3.02.